The maximum Gasteiger partial charge on any atom is 0.00614 e. The first-order valence-electron chi connectivity index (χ1n) is 2.35. The molecular formula is C5H7N. The summed E-state index contributed by atoms with van der Waals surface area (Å²) in [5, 5.41) is 0. The Kier molecular flexibility index (Phi) is 0.263. The van der Waals surface area contributed by atoms with Crippen LogP contribution in [0.25, 0.3) is 0 Å². The van der Waals surface area contributed by atoms with Gasteiger partial charge in [-0.2, -0.15) is 0 Å². The van der Waals surface area contributed by atoms with Gasteiger partial charge in [-0.25, -0.2) is 0 Å². The largest absolute Gasteiger partial charge is 0.330 e. The molecule has 0 bridgehead atoms. The van der Waals surface area contributed by atoms with Crippen LogP contribution in [0.1, 0.15) is 0 Å². The van der Waals surface area contributed by atoms with E-state index >= 15 is 0 Å². The van der Waals surface area contributed by atoms with Gasteiger partial charge in [0.15, 0.2) is 0 Å². The molecule has 32 valence electrons. The number of nitrogens with two attached hydrogens (primary N) is 1. The van der Waals surface area contributed by atoms with Gasteiger partial charge in [-0.1, -0.05) is 11.6 Å². The topological polar surface area (TPSA) is 26.0 Å². The zero-order valence-electron chi connectivity index (χ0n) is 3.52. The lowest BCUT2D eigenvalue weighted by molar-refractivity contribution is 0.789. The summed E-state index contributed by atoms with van der Waals surface area (Å²) in [6.07, 6.45) is 2.28. The second-order valence-corrected chi connectivity index (χ2v) is 2.03. The summed E-state index contributed by atoms with van der Waals surface area (Å²) in [6.45, 7) is 0.885. The van der Waals surface area contributed by atoms with Crippen LogP contribution in [0.3, 0.4) is 0 Å². The number of fused-ring (bicyclic) bond motifs is 1. The maximum atomic E-state index is 5.31. The zero-order valence-corrected chi connectivity index (χ0v) is 3.52. The van der Waals surface area contributed by atoms with Crippen LogP contribution in [0.4, 0.5) is 0 Å². The molecule has 2 rings (SSSR count). The molecule has 0 heterocycles. The second kappa shape index (κ2) is 0.562. The van der Waals surface area contributed by atoms with E-state index < -0.39 is 0 Å². The lowest BCUT2D eigenvalue weighted by Crippen LogP contribution is -2.03. The number of rotatable bonds is 1. The number of hydrogen-bond donors (Lipinski definition) is 1. The Bertz CT molecular complexity index is 115. The van der Waals surface area contributed by atoms with Crippen LogP contribution >= 0.6 is 0 Å². The van der Waals surface area contributed by atoms with Crippen LogP contribution in [-0.2, 0) is 0 Å². The van der Waals surface area contributed by atoms with E-state index in [-0.39, 0.29) is 0 Å². The Labute approximate surface area is 36.8 Å². The normalized spacial score (nSPS) is 47.2. The summed E-state index contributed by atoms with van der Waals surface area (Å²) in [7, 11) is 0. The lowest BCUT2D eigenvalue weighted by Gasteiger charge is -1.85. The molecule has 1 fully saturated rings. The van der Waals surface area contributed by atoms with Gasteiger partial charge >= 0.3 is 0 Å². The molecule has 0 saturated heterocycles. The number of hydrogen-bond acceptors (Lipinski definition) is 1. The minimum Gasteiger partial charge on any atom is -0.330 e. The third kappa shape index (κ3) is 0.144. The van der Waals surface area contributed by atoms with Crippen molar-refractivity contribution in [3.8, 4) is 0 Å². The summed E-state index contributed by atoms with van der Waals surface area (Å²) in [6, 6.07) is 0. The van der Waals surface area contributed by atoms with Gasteiger partial charge in [0.1, 0.15) is 0 Å². The highest BCUT2D eigenvalue weighted by atomic mass is 14.7. The highest BCUT2D eigenvalue weighted by molar-refractivity contribution is 5.51. The molecule has 2 aliphatic carbocycles. The molecule has 0 amide bonds. The molecule has 2 aliphatic rings. The first-order chi connectivity index (χ1) is 2.93. The van der Waals surface area contributed by atoms with Crippen molar-refractivity contribution in [2.45, 2.75) is 0 Å². The van der Waals surface area contributed by atoms with E-state index in [9.17, 15) is 0 Å². The van der Waals surface area contributed by atoms with Crippen LogP contribution in [0.5, 0.6) is 0 Å². The van der Waals surface area contributed by atoms with E-state index in [4.69, 9.17) is 5.73 Å². The molecule has 2 N–H and O–H groups in total. The van der Waals surface area contributed by atoms with E-state index in [0.29, 0.717) is 0 Å². The molecule has 6 heavy (non-hydrogen) atoms. The van der Waals surface area contributed by atoms with E-state index in [0.717, 1.165) is 18.4 Å². The summed E-state index contributed by atoms with van der Waals surface area (Å²) in [4.78, 5) is 0. The van der Waals surface area contributed by atoms with Crippen molar-refractivity contribution in [3.63, 3.8) is 0 Å². The fourth-order valence-electron chi connectivity index (χ4n) is 0.926. The summed E-state index contributed by atoms with van der Waals surface area (Å²) in [5.41, 5.74) is 6.94. The maximum absolute atomic E-state index is 5.31. The Morgan fingerprint density at radius 2 is 2.50 bits per heavy atom. The fraction of sp³-hybridized carbons (Fsp3) is 0.600. The predicted octanol–water partition coefficient (Wildman–Crippen LogP) is 0.131. The van der Waals surface area contributed by atoms with Crippen molar-refractivity contribution >= 4 is 0 Å². The van der Waals surface area contributed by atoms with Crippen molar-refractivity contribution in [2.24, 2.45) is 17.6 Å². The van der Waals surface area contributed by atoms with E-state index in [2.05, 4.69) is 6.08 Å². The molecular weight excluding hydrogens is 74.1 g/mol. The fourth-order valence-corrected chi connectivity index (χ4v) is 0.926. The summed E-state index contributed by atoms with van der Waals surface area (Å²) in [5.74, 6) is 1.74. The lowest BCUT2D eigenvalue weighted by atomic mass is 10.3. The first kappa shape index (κ1) is 2.80. The standard InChI is InChI=1S/C5H7N/c6-2-5-3-1-4(3)5/h1,3,5H,2,6H2. The Balaban J connectivity index is 2.06. The van der Waals surface area contributed by atoms with Crippen molar-refractivity contribution in [1.82, 2.24) is 0 Å². The molecule has 0 aromatic carbocycles. The molecule has 0 aromatic rings. The van der Waals surface area contributed by atoms with Crippen LogP contribution in [0, 0.1) is 11.8 Å². The van der Waals surface area contributed by atoms with Gasteiger partial charge in [0.05, 0.1) is 0 Å². The average molecular weight is 81.1 g/mol. The predicted molar refractivity (Wildman–Crippen MR) is 24.1 cm³/mol. The summed E-state index contributed by atoms with van der Waals surface area (Å²) < 4.78 is 0. The van der Waals surface area contributed by atoms with Gasteiger partial charge in [-0.05, 0) is 6.54 Å². The van der Waals surface area contributed by atoms with Gasteiger partial charge in [0, 0.05) is 11.8 Å². The van der Waals surface area contributed by atoms with Crippen molar-refractivity contribution < 1.29 is 0 Å². The minimum absolute atomic E-state index is 0.838. The monoisotopic (exact) mass is 81.1 g/mol. The molecule has 1 nitrogen and oxygen atoms in total. The van der Waals surface area contributed by atoms with Crippen molar-refractivity contribution in [1.29, 1.82) is 0 Å². The van der Waals surface area contributed by atoms with E-state index in [1.54, 1.807) is 5.57 Å². The molecule has 0 spiro atoms. The first-order valence-corrected chi connectivity index (χ1v) is 2.35. The quantitative estimate of drug-likeness (QED) is 0.446. The Morgan fingerprint density at radius 3 is 2.50 bits per heavy atom. The SMILES string of the molecule is NCC1C2=CC21. The smallest absolute Gasteiger partial charge is 0.00614 e. The van der Waals surface area contributed by atoms with Gasteiger partial charge in [-0.15, -0.1) is 0 Å². The number of allylic oxidation sites excluding steroid dienone is 1. The second-order valence-electron chi connectivity index (χ2n) is 2.03. The average Bonchev–Trinajstić information content (AvgIpc) is 2.12. The van der Waals surface area contributed by atoms with Crippen LogP contribution in [0.15, 0.2) is 11.6 Å². The third-order valence-electron chi connectivity index (χ3n) is 1.65. The Hall–Kier alpha value is -0.300. The van der Waals surface area contributed by atoms with Crippen molar-refractivity contribution in [2.75, 3.05) is 6.54 Å². The zero-order chi connectivity index (χ0) is 4.15. The minimum atomic E-state index is 0.838. The van der Waals surface area contributed by atoms with Crippen molar-refractivity contribution in [3.05, 3.63) is 11.6 Å². The van der Waals surface area contributed by atoms with Crippen LogP contribution in [-0.4, -0.2) is 6.54 Å². The molecule has 1 saturated carbocycles. The molecule has 0 aromatic heterocycles. The van der Waals surface area contributed by atoms with Crippen LogP contribution in [0.2, 0.25) is 0 Å². The van der Waals surface area contributed by atoms with Gasteiger partial charge in [-0.3, -0.25) is 0 Å². The molecule has 0 radical (unpaired) electrons. The van der Waals surface area contributed by atoms with Gasteiger partial charge < -0.3 is 5.73 Å². The molecule has 2 atom stereocenters. The highest BCUT2D eigenvalue weighted by Gasteiger charge is 2.52. The molecule has 1 heteroatoms. The Morgan fingerprint density at radius 1 is 1.83 bits per heavy atom. The van der Waals surface area contributed by atoms with E-state index in [1.807, 2.05) is 0 Å². The van der Waals surface area contributed by atoms with Gasteiger partial charge in [0.25, 0.3) is 0 Å². The van der Waals surface area contributed by atoms with Crippen LogP contribution < -0.4 is 5.73 Å². The van der Waals surface area contributed by atoms with E-state index in [1.165, 1.54) is 0 Å². The molecule has 2 unspecified atom stereocenters. The third-order valence-corrected chi connectivity index (χ3v) is 1.65. The molecule has 0 aliphatic heterocycles. The highest BCUT2D eigenvalue weighted by Crippen LogP contribution is 2.59. The van der Waals surface area contributed by atoms with Gasteiger partial charge in [0.2, 0.25) is 0 Å². The summed E-state index contributed by atoms with van der Waals surface area (Å²) >= 11 is 0.